The summed E-state index contributed by atoms with van der Waals surface area (Å²) >= 11 is 6.06. The zero-order chi connectivity index (χ0) is 15.1. The number of amides is 1. The number of halogens is 3. The highest BCUT2D eigenvalue weighted by Gasteiger charge is 2.37. The molecule has 1 heterocycles. The molecular weight excluding hydrogens is 298 g/mol. The fourth-order valence-electron chi connectivity index (χ4n) is 2.47. The van der Waals surface area contributed by atoms with E-state index in [2.05, 4.69) is 0 Å². The molecule has 0 aliphatic carbocycles. The van der Waals surface area contributed by atoms with Crippen molar-refractivity contribution in [1.82, 2.24) is 0 Å². The quantitative estimate of drug-likeness (QED) is 0.926. The van der Waals surface area contributed by atoms with Crippen LogP contribution in [0.25, 0.3) is 0 Å². The van der Waals surface area contributed by atoms with Crippen LogP contribution >= 0.6 is 11.6 Å². The van der Waals surface area contributed by atoms with E-state index in [1.165, 1.54) is 4.90 Å². The molecular formula is C15H11ClF2N2O. The van der Waals surface area contributed by atoms with Crippen LogP contribution in [0.15, 0.2) is 36.4 Å². The number of benzene rings is 2. The number of anilines is 1. The van der Waals surface area contributed by atoms with E-state index < -0.39 is 23.6 Å². The third-order valence-electron chi connectivity index (χ3n) is 3.49. The van der Waals surface area contributed by atoms with E-state index in [-0.39, 0.29) is 17.8 Å². The Morgan fingerprint density at radius 3 is 2.67 bits per heavy atom. The number of rotatable bonds is 2. The summed E-state index contributed by atoms with van der Waals surface area (Å²) in [6, 6.07) is 7.68. The summed E-state index contributed by atoms with van der Waals surface area (Å²) < 4.78 is 27.3. The largest absolute Gasteiger partial charge is 0.316 e. The molecule has 6 heteroatoms. The molecule has 1 aliphatic heterocycles. The van der Waals surface area contributed by atoms with Crippen LogP contribution in [0.4, 0.5) is 14.5 Å². The summed E-state index contributed by atoms with van der Waals surface area (Å²) in [6.45, 7) is 0.113. The lowest BCUT2D eigenvalue weighted by Gasteiger charge is -2.18. The summed E-state index contributed by atoms with van der Waals surface area (Å²) in [6.07, 6.45) is 0. The van der Waals surface area contributed by atoms with Gasteiger partial charge in [-0.2, -0.15) is 0 Å². The Balaban J connectivity index is 2.06. The smallest absolute Gasteiger partial charge is 0.249 e. The molecule has 21 heavy (non-hydrogen) atoms. The van der Waals surface area contributed by atoms with Gasteiger partial charge in [0.25, 0.3) is 0 Å². The molecule has 0 fully saturated rings. The van der Waals surface area contributed by atoms with Crippen LogP contribution in [0.2, 0.25) is 5.02 Å². The lowest BCUT2D eigenvalue weighted by atomic mass is 10.1. The van der Waals surface area contributed by atoms with E-state index >= 15 is 0 Å². The predicted octanol–water partition coefficient (Wildman–Crippen LogP) is 3.16. The third-order valence-corrected chi connectivity index (χ3v) is 3.86. The molecule has 0 saturated carbocycles. The van der Waals surface area contributed by atoms with E-state index in [4.69, 9.17) is 17.3 Å². The zero-order valence-corrected chi connectivity index (χ0v) is 11.6. The second-order valence-electron chi connectivity index (χ2n) is 4.81. The van der Waals surface area contributed by atoms with Crippen LogP contribution in [-0.2, 0) is 11.3 Å². The van der Waals surface area contributed by atoms with Gasteiger partial charge < -0.3 is 10.6 Å². The molecule has 0 spiro atoms. The maximum atomic E-state index is 13.8. The molecule has 0 bridgehead atoms. The number of nitrogens with two attached hydrogens (primary N) is 1. The topological polar surface area (TPSA) is 46.3 Å². The molecule has 1 unspecified atom stereocenters. The van der Waals surface area contributed by atoms with Crippen LogP contribution < -0.4 is 10.6 Å². The van der Waals surface area contributed by atoms with Crippen molar-refractivity contribution < 1.29 is 13.6 Å². The number of hydrogen-bond donors (Lipinski definition) is 1. The highest BCUT2D eigenvalue weighted by Crippen LogP contribution is 2.38. The third kappa shape index (κ3) is 2.28. The van der Waals surface area contributed by atoms with Gasteiger partial charge in [-0.15, -0.1) is 0 Å². The molecule has 3 rings (SSSR count). The number of fused-ring (bicyclic) bond motifs is 1. The predicted molar refractivity (Wildman–Crippen MR) is 75.9 cm³/mol. The highest BCUT2D eigenvalue weighted by atomic mass is 35.5. The van der Waals surface area contributed by atoms with Crippen LogP contribution in [-0.4, -0.2) is 5.91 Å². The van der Waals surface area contributed by atoms with Gasteiger partial charge in [-0.1, -0.05) is 29.8 Å². The molecule has 2 aromatic carbocycles. The molecule has 0 radical (unpaired) electrons. The molecule has 2 N–H and O–H groups in total. The van der Waals surface area contributed by atoms with Crippen LogP contribution in [0.5, 0.6) is 0 Å². The molecule has 108 valence electrons. The van der Waals surface area contributed by atoms with Gasteiger partial charge in [0.05, 0.1) is 12.2 Å². The van der Waals surface area contributed by atoms with Gasteiger partial charge in [0.15, 0.2) is 0 Å². The van der Waals surface area contributed by atoms with E-state index in [9.17, 15) is 13.6 Å². The number of carbonyl (C=O) groups excluding carboxylic acids is 1. The lowest BCUT2D eigenvalue weighted by molar-refractivity contribution is -0.119. The molecule has 1 amide bonds. The monoisotopic (exact) mass is 308 g/mol. The van der Waals surface area contributed by atoms with Gasteiger partial charge in [0.1, 0.15) is 17.7 Å². The first-order valence-electron chi connectivity index (χ1n) is 6.28. The Labute approximate surface area is 124 Å². The van der Waals surface area contributed by atoms with E-state index in [0.29, 0.717) is 10.6 Å². The van der Waals surface area contributed by atoms with Crippen molar-refractivity contribution in [2.45, 2.75) is 12.6 Å². The molecule has 3 nitrogen and oxygen atoms in total. The van der Waals surface area contributed by atoms with Gasteiger partial charge in [-0.25, -0.2) is 8.78 Å². The fourth-order valence-corrected chi connectivity index (χ4v) is 2.67. The standard InChI is InChI=1S/C15H11ClF2N2O/c16-10-4-2-1-3-8(10)7-20-12-6-9(17)5-11(18)13(12)14(19)15(20)21/h1-6,14H,7,19H2. The van der Waals surface area contributed by atoms with E-state index in [0.717, 1.165) is 12.1 Å². The van der Waals surface area contributed by atoms with E-state index in [1.54, 1.807) is 24.3 Å². The molecule has 1 atom stereocenters. The van der Waals surface area contributed by atoms with Gasteiger partial charge in [0.2, 0.25) is 5.91 Å². The van der Waals surface area contributed by atoms with Crippen molar-refractivity contribution in [3.8, 4) is 0 Å². The van der Waals surface area contributed by atoms with Crippen LogP contribution in [0.3, 0.4) is 0 Å². The number of hydrogen-bond acceptors (Lipinski definition) is 2. The molecule has 0 saturated heterocycles. The Hall–Kier alpha value is -1.98. The second kappa shape index (κ2) is 5.09. The first kappa shape index (κ1) is 14.0. The average molecular weight is 309 g/mol. The maximum Gasteiger partial charge on any atom is 0.249 e. The van der Waals surface area contributed by atoms with Gasteiger partial charge in [-0.3, -0.25) is 4.79 Å². The highest BCUT2D eigenvalue weighted by molar-refractivity contribution is 6.31. The van der Waals surface area contributed by atoms with Gasteiger partial charge in [0, 0.05) is 16.7 Å². The van der Waals surface area contributed by atoms with Crippen LogP contribution in [0, 0.1) is 11.6 Å². The summed E-state index contributed by atoms with van der Waals surface area (Å²) in [5, 5.41) is 0.476. The normalized spacial score (nSPS) is 17.2. The minimum absolute atomic E-state index is 0.0217. The fraction of sp³-hybridized carbons (Fsp3) is 0.133. The van der Waals surface area contributed by atoms with Crippen molar-refractivity contribution in [2.75, 3.05) is 4.90 Å². The lowest BCUT2D eigenvalue weighted by Crippen LogP contribution is -2.31. The van der Waals surface area contributed by atoms with Gasteiger partial charge in [-0.05, 0) is 17.7 Å². The first-order chi connectivity index (χ1) is 9.99. The number of carbonyl (C=O) groups is 1. The van der Waals surface area contributed by atoms with Crippen molar-refractivity contribution in [1.29, 1.82) is 0 Å². The maximum absolute atomic E-state index is 13.8. The van der Waals surface area contributed by atoms with Crippen LogP contribution in [0.1, 0.15) is 17.2 Å². The summed E-state index contributed by atoms with van der Waals surface area (Å²) in [7, 11) is 0. The van der Waals surface area contributed by atoms with Gasteiger partial charge >= 0.3 is 0 Å². The molecule has 1 aliphatic rings. The van der Waals surface area contributed by atoms with Crippen molar-refractivity contribution >= 4 is 23.2 Å². The zero-order valence-electron chi connectivity index (χ0n) is 10.8. The van der Waals surface area contributed by atoms with Crippen molar-refractivity contribution in [2.24, 2.45) is 5.73 Å². The van der Waals surface area contributed by atoms with Crippen molar-refractivity contribution in [3.05, 3.63) is 64.2 Å². The minimum Gasteiger partial charge on any atom is -0.316 e. The second-order valence-corrected chi connectivity index (χ2v) is 5.22. The number of nitrogens with zero attached hydrogens (tertiary/aromatic N) is 1. The molecule has 2 aromatic rings. The summed E-state index contributed by atoms with van der Waals surface area (Å²) in [4.78, 5) is 13.5. The summed E-state index contributed by atoms with van der Waals surface area (Å²) in [5.74, 6) is -2.04. The Kier molecular flexibility index (Phi) is 3.39. The Bertz CT molecular complexity index is 736. The summed E-state index contributed by atoms with van der Waals surface area (Å²) in [5.41, 5.74) is 6.59. The Morgan fingerprint density at radius 2 is 1.95 bits per heavy atom. The Morgan fingerprint density at radius 1 is 1.24 bits per heavy atom. The minimum atomic E-state index is -1.12. The van der Waals surface area contributed by atoms with Crippen molar-refractivity contribution in [3.63, 3.8) is 0 Å². The average Bonchev–Trinajstić information content (AvgIpc) is 2.66. The van der Waals surface area contributed by atoms with E-state index in [1.807, 2.05) is 0 Å². The first-order valence-corrected chi connectivity index (χ1v) is 6.66. The SMILES string of the molecule is NC1C(=O)N(Cc2ccccc2Cl)c2cc(F)cc(F)c21. The molecule has 0 aromatic heterocycles.